The number of hydrogen-bond acceptors (Lipinski definition) is 7. The highest BCUT2D eigenvalue weighted by molar-refractivity contribution is 6.35. The summed E-state index contributed by atoms with van der Waals surface area (Å²) in [5, 5.41) is 16.0. The van der Waals surface area contributed by atoms with Gasteiger partial charge in [0.25, 0.3) is 11.5 Å². The van der Waals surface area contributed by atoms with E-state index in [2.05, 4.69) is 15.6 Å². The Morgan fingerprint density at radius 3 is 2.39 bits per heavy atom. The zero-order valence-corrected chi connectivity index (χ0v) is 20.1. The lowest BCUT2D eigenvalue weighted by atomic mass is 9.68. The first-order valence-corrected chi connectivity index (χ1v) is 11.6. The minimum atomic E-state index is -1.20. The van der Waals surface area contributed by atoms with Crippen molar-refractivity contribution in [2.24, 2.45) is 11.1 Å². The van der Waals surface area contributed by atoms with E-state index < -0.39 is 51.5 Å². The van der Waals surface area contributed by atoms with Crippen LogP contribution >= 0.6 is 0 Å². The Morgan fingerprint density at radius 1 is 1.17 bits per heavy atom. The Bertz CT molecular complexity index is 1260. The molecule has 1 fully saturated rings. The third-order valence-corrected chi connectivity index (χ3v) is 7.20. The number of benzene rings is 1. The summed E-state index contributed by atoms with van der Waals surface area (Å²) in [5.74, 6) is -3.59. The molecule has 2 aliphatic heterocycles. The standard InChI is InChI=1S/C24H29FN6O5/c1-30(2)21(36)19(34)29-24-9-7-23(12-26,8-10-24)13-31-20(35)17(32)16(28-22(24)31)18(33)27-11-14-3-5-15(25)6-4-14/h3-6,32H,7-13,26H2,1-2H3,(H,27,33)(H,29,34). The van der Waals surface area contributed by atoms with E-state index >= 15 is 0 Å². The third kappa shape index (κ3) is 4.43. The molecule has 2 aromatic rings. The van der Waals surface area contributed by atoms with Gasteiger partial charge < -0.3 is 26.4 Å². The number of likely N-dealkylation sites (N-methyl/N-ethyl adjacent to an activating group) is 1. The van der Waals surface area contributed by atoms with Crippen LogP contribution in [0.5, 0.6) is 5.75 Å². The van der Waals surface area contributed by atoms with Crippen LogP contribution in [0.1, 0.15) is 47.6 Å². The topological polar surface area (TPSA) is 160 Å². The van der Waals surface area contributed by atoms with Crippen LogP contribution in [0.2, 0.25) is 0 Å². The van der Waals surface area contributed by atoms with Gasteiger partial charge in [-0.1, -0.05) is 12.1 Å². The summed E-state index contributed by atoms with van der Waals surface area (Å²) in [6, 6.07) is 5.48. The molecule has 192 valence electrons. The van der Waals surface area contributed by atoms with Crippen LogP contribution in [0.4, 0.5) is 4.39 Å². The van der Waals surface area contributed by atoms with Crippen molar-refractivity contribution in [2.75, 3.05) is 20.6 Å². The number of rotatable bonds is 5. The normalized spacial score (nSPS) is 22.3. The Hall–Kier alpha value is -3.80. The van der Waals surface area contributed by atoms with E-state index in [1.807, 2.05) is 0 Å². The molecule has 0 saturated heterocycles. The predicted octanol–water partition coefficient (Wildman–Crippen LogP) is -0.0496. The van der Waals surface area contributed by atoms with E-state index in [1.54, 1.807) is 0 Å². The monoisotopic (exact) mass is 500 g/mol. The van der Waals surface area contributed by atoms with Crippen LogP contribution in [-0.4, -0.2) is 57.9 Å². The molecule has 1 aromatic heterocycles. The molecule has 5 rings (SSSR count). The molecule has 36 heavy (non-hydrogen) atoms. The molecule has 0 spiro atoms. The first-order valence-electron chi connectivity index (χ1n) is 11.6. The number of nitrogens with zero attached hydrogens (tertiary/aromatic N) is 3. The molecule has 0 unspecified atom stereocenters. The summed E-state index contributed by atoms with van der Waals surface area (Å²) < 4.78 is 14.4. The number of amides is 3. The predicted molar refractivity (Wildman–Crippen MR) is 126 cm³/mol. The molecule has 2 bridgehead atoms. The number of carbonyl (C=O) groups excluding carboxylic acids is 3. The summed E-state index contributed by atoms with van der Waals surface area (Å²) in [6.07, 6.45) is 1.81. The summed E-state index contributed by atoms with van der Waals surface area (Å²) in [5.41, 5.74) is 3.70. The fourth-order valence-corrected chi connectivity index (χ4v) is 4.93. The summed E-state index contributed by atoms with van der Waals surface area (Å²) >= 11 is 0. The minimum absolute atomic E-state index is 0.00809. The number of nitrogens with one attached hydrogen (secondary N) is 2. The summed E-state index contributed by atoms with van der Waals surface area (Å²) in [7, 11) is 2.90. The summed E-state index contributed by atoms with van der Waals surface area (Å²) in [6.45, 7) is 0.448. The van der Waals surface area contributed by atoms with Crippen molar-refractivity contribution in [1.82, 2.24) is 25.1 Å². The highest BCUT2D eigenvalue weighted by atomic mass is 19.1. The molecule has 12 heteroatoms. The van der Waals surface area contributed by atoms with Crippen LogP contribution in [0, 0.1) is 11.2 Å². The lowest BCUT2D eigenvalue weighted by Gasteiger charge is -2.41. The maximum atomic E-state index is 13.3. The maximum Gasteiger partial charge on any atom is 0.311 e. The quantitative estimate of drug-likeness (QED) is 0.419. The Kier molecular flexibility index (Phi) is 6.56. The van der Waals surface area contributed by atoms with Gasteiger partial charge in [-0.05, 0) is 49.9 Å². The van der Waals surface area contributed by atoms with Gasteiger partial charge in [0.1, 0.15) is 11.6 Å². The van der Waals surface area contributed by atoms with Crippen LogP contribution < -0.4 is 21.9 Å². The van der Waals surface area contributed by atoms with Gasteiger partial charge in [0, 0.05) is 32.6 Å². The van der Waals surface area contributed by atoms with Gasteiger partial charge in [-0.2, -0.15) is 0 Å². The Labute approximate surface area is 206 Å². The molecule has 3 heterocycles. The van der Waals surface area contributed by atoms with Gasteiger partial charge in [0.15, 0.2) is 5.69 Å². The van der Waals surface area contributed by atoms with Crippen molar-refractivity contribution in [2.45, 2.75) is 44.3 Å². The number of fused-ring (bicyclic) bond motifs is 2. The third-order valence-electron chi connectivity index (χ3n) is 7.20. The van der Waals surface area contributed by atoms with E-state index in [-0.39, 0.29) is 25.5 Å². The van der Waals surface area contributed by atoms with E-state index in [0.29, 0.717) is 31.2 Å². The molecular formula is C24H29FN6O5. The number of carbonyl (C=O) groups is 3. The SMILES string of the molecule is CN(C)C(=O)C(=O)NC12CCC(CN)(CC1)Cn1c2nc(C(=O)NCc2ccc(F)cc2)c(O)c1=O. The van der Waals surface area contributed by atoms with E-state index in [1.165, 1.54) is 42.9 Å². The second kappa shape index (κ2) is 9.34. The average molecular weight is 501 g/mol. The Morgan fingerprint density at radius 2 is 1.81 bits per heavy atom. The van der Waals surface area contributed by atoms with E-state index in [9.17, 15) is 28.7 Å². The van der Waals surface area contributed by atoms with Gasteiger partial charge in [-0.3, -0.25) is 23.7 Å². The number of halogens is 1. The lowest BCUT2D eigenvalue weighted by Crippen LogP contribution is -2.54. The highest BCUT2D eigenvalue weighted by Crippen LogP contribution is 2.49. The molecule has 11 nitrogen and oxygen atoms in total. The second-order valence-electron chi connectivity index (χ2n) is 9.77. The van der Waals surface area contributed by atoms with E-state index in [4.69, 9.17) is 5.73 Å². The van der Waals surface area contributed by atoms with Crippen molar-refractivity contribution in [3.8, 4) is 5.75 Å². The first kappa shape index (κ1) is 25.3. The molecule has 1 aromatic carbocycles. The highest BCUT2D eigenvalue weighted by Gasteiger charge is 2.51. The number of nitrogens with two attached hydrogens (primary N) is 1. The smallest absolute Gasteiger partial charge is 0.311 e. The second-order valence-corrected chi connectivity index (χ2v) is 9.77. The van der Waals surface area contributed by atoms with Gasteiger partial charge >= 0.3 is 11.8 Å². The van der Waals surface area contributed by atoms with Gasteiger partial charge in [-0.15, -0.1) is 0 Å². The fraction of sp³-hybridized carbons (Fsp3) is 0.458. The number of aromatic nitrogens is 2. The van der Waals surface area contributed by atoms with Gasteiger partial charge in [-0.25, -0.2) is 9.37 Å². The first-order chi connectivity index (χ1) is 17.0. The lowest BCUT2D eigenvalue weighted by molar-refractivity contribution is -0.145. The number of aromatic hydroxyl groups is 1. The minimum Gasteiger partial charge on any atom is -0.501 e. The van der Waals surface area contributed by atoms with Crippen LogP contribution in [0.3, 0.4) is 0 Å². The molecule has 5 N–H and O–H groups in total. The van der Waals surface area contributed by atoms with Crippen molar-refractivity contribution in [3.63, 3.8) is 0 Å². The van der Waals surface area contributed by atoms with Crippen LogP contribution in [0.15, 0.2) is 29.1 Å². The molecule has 1 saturated carbocycles. The van der Waals surface area contributed by atoms with Crippen LogP contribution in [-0.2, 0) is 28.2 Å². The average Bonchev–Trinajstić information content (AvgIpc) is 3.08. The maximum absolute atomic E-state index is 13.3. The van der Waals surface area contributed by atoms with E-state index in [0.717, 1.165) is 4.90 Å². The van der Waals surface area contributed by atoms with Crippen molar-refractivity contribution >= 4 is 17.7 Å². The molecular weight excluding hydrogens is 471 g/mol. The zero-order chi connectivity index (χ0) is 26.3. The Balaban J connectivity index is 1.74. The molecule has 0 atom stereocenters. The fourth-order valence-electron chi connectivity index (χ4n) is 4.93. The number of hydrogen-bond donors (Lipinski definition) is 4. The van der Waals surface area contributed by atoms with Gasteiger partial charge in [0.2, 0.25) is 5.75 Å². The molecule has 3 aliphatic rings. The van der Waals surface area contributed by atoms with Crippen molar-refractivity contribution < 1.29 is 23.9 Å². The molecule has 3 amide bonds. The van der Waals surface area contributed by atoms with Crippen LogP contribution in [0.25, 0.3) is 0 Å². The van der Waals surface area contributed by atoms with Gasteiger partial charge in [0.05, 0.1) is 5.54 Å². The molecule has 0 radical (unpaired) electrons. The van der Waals surface area contributed by atoms with Crippen molar-refractivity contribution in [3.05, 3.63) is 57.5 Å². The largest absolute Gasteiger partial charge is 0.501 e. The van der Waals surface area contributed by atoms with Crippen molar-refractivity contribution in [1.29, 1.82) is 0 Å². The molecule has 1 aliphatic carbocycles. The summed E-state index contributed by atoms with van der Waals surface area (Å²) in [4.78, 5) is 56.8. The zero-order valence-electron chi connectivity index (χ0n) is 20.1.